The molecule has 5 nitrogen and oxygen atoms in total. The molecule has 17 heavy (non-hydrogen) atoms. The number of urea groups is 1. The molecule has 2 heterocycles. The first-order valence-electron chi connectivity index (χ1n) is 6.44. The Labute approximate surface area is 100 Å². The quantitative estimate of drug-likeness (QED) is 0.694. The van der Waals surface area contributed by atoms with Gasteiger partial charge in [-0.05, 0) is 25.7 Å². The van der Waals surface area contributed by atoms with Crippen molar-refractivity contribution in [3.05, 3.63) is 0 Å². The summed E-state index contributed by atoms with van der Waals surface area (Å²) >= 11 is 0. The van der Waals surface area contributed by atoms with Gasteiger partial charge in [0.1, 0.15) is 0 Å². The first kappa shape index (κ1) is 11.0. The maximum Gasteiger partial charge on any atom is 0.324 e. The molecule has 0 aromatic rings. The summed E-state index contributed by atoms with van der Waals surface area (Å²) in [6.07, 6.45) is 6.16. The van der Waals surface area contributed by atoms with Crippen molar-refractivity contribution in [2.75, 3.05) is 13.2 Å². The van der Waals surface area contributed by atoms with Gasteiger partial charge in [-0.15, -0.1) is 0 Å². The predicted molar refractivity (Wildman–Crippen MR) is 60.4 cm³/mol. The molecule has 1 N–H and O–H groups in total. The van der Waals surface area contributed by atoms with Crippen LogP contribution in [0.1, 0.15) is 38.5 Å². The van der Waals surface area contributed by atoms with E-state index in [0.717, 1.165) is 25.7 Å². The molecule has 0 aromatic heterocycles. The molecule has 94 valence electrons. The maximum absolute atomic E-state index is 11.7. The van der Waals surface area contributed by atoms with E-state index in [4.69, 9.17) is 4.74 Å². The first-order chi connectivity index (χ1) is 8.20. The summed E-state index contributed by atoms with van der Waals surface area (Å²) in [5.74, 6) is -0.0879. The van der Waals surface area contributed by atoms with Gasteiger partial charge in [0.15, 0.2) is 0 Å². The zero-order chi connectivity index (χ0) is 11.9. The summed E-state index contributed by atoms with van der Waals surface area (Å²) in [5, 5.41) is 2.59. The number of carbonyl (C=O) groups is 2. The average Bonchev–Trinajstić information content (AvgIpc) is 2.87. The van der Waals surface area contributed by atoms with E-state index in [-0.39, 0.29) is 30.1 Å². The third-order valence-corrected chi connectivity index (χ3v) is 4.23. The van der Waals surface area contributed by atoms with Gasteiger partial charge >= 0.3 is 6.03 Å². The van der Waals surface area contributed by atoms with Crippen LogP contribution in [-0.4, -0.2) is 41.6 Å². The lowest BCUT2D eigenvalue weighted by Gasteiger charge is -2.40. The molecule has 3 fully saturated rings. The second kappa shape index (κ2) is 3.98. The van der Waals surface area contributed by atoms with E-state index in [2.05, 4.69) is 5.32 Å². The van der Waals surface area contributed by atoms with Gasteiger partial charge < -0.3 is 10.1 Å². The van der Waals surface area contributed by atoms with E-state index >= 15 is 0 Å². The molecular weight excluding hydrogens is 220 g/mol. The average molecular weight is 238 g/mol. The lowest BCUT2D eigenvalue weighted by Crippen LogP contribution is -2.49. The van der Waals surface area contributed by atoms with E-state index < -0.39 is 0 Å². The predicted octanol–water partition coefficient (Wildman–Crippen LogP) is 1.03. The SMILES string of the molecule is O=C1CNC(=O)N1C1CCOC2(CCCC2)C1. The number of nitrogens with one attached hydrogen (secondary N) is 1. The van der Waals surface area contributed by atoms with Gasteiger partial charge in [0, 0.05) is 12.6 Å². The van der Waals surface area contributed by atoms with Crippen molar-refractivity contribution in [2.45, 2.75) is 50.2 Å². The van der Waals surface area contributed by atoms with Crippen molar-refractivity contribution in [3.8, 4) is 0 Å². The lowest BCUT2D eigenvalue weighted by atomic mass is 9.88. The molecule has 1 atom stereocenters. The number of carbonyl (C=O) groups excluding carboxylic acids is 2. The molecule has 0 radical (unpaired) electrons. The van der Waals surface area contributed by atoms with Crippen LogP contribution in [0.3, 0.4) is 0 Å². The zero-order valence-corrected chi connectivity index (χ0v) is 9.91. The third kappa shape index (κ3) is 1.82. The van der Waals surface area contributed by atoms with Crippen LogP contribution < -0.4 is 5.32 Å². The minimum atomic E-state index is -0.227. The molecule has 2 aliphatic heterocycles. The molecule has 1 saturated carbocycles. The molecule has 0 aromatic carbocycles. The zero-order valence-electron chi connectivity index (χ0n) is 9.91. The van der Waals surface area contributed by atoms with Gasteiger partial charge in [0.2, 0.25) is 5.91 Å². The van der Waals surface area contributed by atoms with Crippen LogP contribution in [0.5, 0.6) is 0 Å². The summed E-state index contributed by atoms with van der Waals surface area (Å²) < 4.78 is 5.92. The van der Waals surface area contributed by atoms with Gasteiger partial charge in [-0.1, -0.05) is 12.8 Å². The van der Waals surface area contributed by atoms with Crippen LogP contribution in [0.15, 0.2) is 0 Å². The number of hydrogen-bond acceptors (Lipinski definition) is 3. The molecule has 3 aliphatic rings. The van der Waals surface area contributed by atoms with Crippen molar-refractivity contribution in [1.29, 1.82) is 0 Å². The molecule has 3 rings (SSSR count). The van der Waals surface area contributed by atoms with Crippen LogP contribution in [0, 0.1) is 0 Å². The summed E-state index contributed by atoms with van der Waals surface area (Å²) in [6.45, 7) is 0.824. The fraction of sp³-hybridized carbons (Fsp3) is 0.833. The largest absolute Gasteiger partial charge is 0.375 e. The fourth-order valence-corrected chi connectivity index (χ4v) is 3.39. The molecular formula is C12H18N2O3. The number of hydrogen-bond donors (Lipinski definition) is 1. The lowest BCUT2D eigenvalue weighted by molar-refractivity contribution is -0.133. The van der Waals surface area contributed by atoms with Crippen molar-refractivity contribution in [3.63, 3.8) is 0 Å². The highest BCUT2D eigenvalue weighted by atomic mass is 16.5. The topological polar surface area (TPSA) is 58.6 Å². The monoisotopic (exact) mass is 238 g/mol. The van der Waals surface area contributed by atoms with Crippen molar-refractivity contribution in [2.24, 2.45) is 0 Å². The van der Waals surface area contributed by atoms with E-state index in [1.54, 1.807) is 0 Å². The number of imide groups is 1. The summed E-state index contributed by atoms with van der Waals surface area (Å²) in [4.78, 5) is 24.7. The molecule has 1 aliphatic carbocycles. The highest BCUT2D eigenvalue weighted by Gasteiger charge is 2.45. The molecule has 1 spiro atoms. The Kier molecular flexibility index (Phi) is 2.58. The summed E-state index contributed by atoms with van der Waals surface area (Å²) in [5.41, 5.74) is -0.0495. The van der Waals surface area contributed by atoms with E-state index in [9.17, 15) is 9.59 Å². The van der Waals surface area contributed by atoms with Gasteiger partial charge in [0.25, 0.3) is 0 Å². The standard InChI is InChI=1S/C12H18N2O3/c15-10-8-13-11(16)14(10)9-3-6-17-12(7-9)4-1-2-5-12/h9H,1-8H2,(H,13,16). The van der Waals surface area contributed by atoms with Crippen LogP contribution >= 0.6 is 0 Å². The Bertz CT molecular complexity index is 334. The Morgan fingerprint density at radius 3 is 2.71 bits per heavy atom. The van der Waals surface area contributed by atoms with Crippen LogP contribution in [0.2, 0.25) is 0 Å². The second-order valence-electron chi connectivity index (χ2n) is 5.31. The van der Waals surface area contributed by atoms with Gasteiger partial charge in [-0.3, -0.25) is 9.69 Å². The Morgan fingerprint density at radius 2 is 2.06 bits per heavy atom. The van der Waals surface area contributed by atoms with Crippen molar-refractivity contribution < 1.29 is 14.3 Å². The van der Waals surface area contributed by atoms with Gasteiger partial charge in [0.05, 0.1) is 12.1 Å². The Balaban J connectivity index is 1.75. The highest BCUT2D eigenvalue weighted by molar-refractivity contribution is 6.02. The molecule has 3 amide bonds. The van der Waals surface area contributed by atoms with Crippen LogP contribution in [0.25, 0.3) is 0 Å². The van der Waals surface area contributed by atoms with E-state index in [0.29, 0.717) is 6.61 Å². The normalized spacial score (nSPS) is 32.2. The minimum absolute atomic E-state index is 0.0387. The number of ether oxygens (including phenoxy) is 1. The molecule has 2 saturated heterocycles. The maximum atomic E-state index is 11.7. The smallest absolute Gasteiger partial charge is 0.324 e. The molecule has 0 bridgehead atoms. The van der Waals surface area contributed by atoms with Crippen molar-refractivity contribution >= 4 is 11.9 Å². The Hall–Kier alpha value is -1.10. The van der Waals surface area contributed by atoms with Gasteiger partial charge in [-0.2, -0.15) is 0 Å². The minimum Gasteiger partial charge on any atom is -0.375 e. The van der Waals surface area contributed by atoms with Crippen LogP contribution in [-0.2, 0) is 9.53 Å². The third-order valence-electron chi connectivity index (χ3n) is 4.23. The Morgan fingerprint density at radius 1 is 1.29 bits per heavy atom. The number of rotatable bonds is 1. The van der Waals surface area contributed by atoms with Gasteiger partial charge in [-0.25, -0.2) is 4.79 Å². The molecule has 5 heteroatoms. The highest BCUT2D eigenvalue weighted by Crippen LogP contribution is 2.41. The van der Waals surface area contributed by atoms with Crippen LogP contribution in [0.4, 0.5) is 4.79 Å². The number of nitrogens with zero attached hydrogens (tertiary/aromatic N) is 1. The van der Waals surface area contributed by atoms with E-state index in [1.807, 2.05) is 0 Å². The number of amides is 3. The first-order valence-corrected chi connectivity index (χ1v) is 6.44. The fourth-order valence-electron chi connectivity index (χ4n) is 3.39. The second-order valence-corrected chi connectivity index (χ2v) is 5.31. The van der Waals surface area contributed by atoms with E-state index in [1.165, 1.54) is 17.7 Å². The van der Waals surface area contributed by atoms with Crippen molar-refractivity contribution in [1.82, 2.24) is 10.2 Å². The summed E-state index contributed by atoms with van der Waals surface area (Å²) in [6, 6.07) is -0.188. The summed E-state index contributed by atoms with van der Waals surface area (Å²) in [7, 11) is 0. The molecule has 1 unspecified atom stereocenters.